The molecule has 1 aliphatic rings. The van der Waals surface area contributed by atoms with Crippen LogP contribution in [0, 0.1) is 11.3 Å². The lowest BCUT2D eigenvalue weighted by Gasteiger charge is -2.25. The number of hydrogen-bond acceptors (Lipinski definition) is 4. The second-order valence-corrected chi connectivity index (χ2v) is 7.05. The predicted octanol–water partition coefficient (Wildman–Crippen LogP) is 1.20. The van der Waals surface area contributed by atoms with E-state index in [4.69, 9.17) is 5.73 Å². The smallest absolute Gasteiger partial charge is 0.241 e. The van der Waals surface area contributed by atoms with Gasteiger partial charge in [-0.3, -0.25) is 19.7 Å². The number of rotatable bonds is 4. The van der Waals surface area contributed by atoms with E-state index < -0.39 is 6.04 Å². The monoisotopic (exact) mass is 317 g/mol. The summed E-state index contributed by atoms with van der Waals surface area (Å²) in [5.41, 5.74) is 7.21. The summed E-state index contributed by atoms with van der Waals surface area (Å²) < 4.78 is 0. The Kier molecular flexibility index (Phi) is 4.85. The molecular formula is C17H23N3O3. The van der Waals surface area contributed by atoms with Gasteiger partial charge in [-0.25, -0.2) is 0 Å². The molecule has 1 aromatic rings. The first-order chi connectivity index (χ1) is 10.7. The number of amides is 3. The molecule has 2 atom stereocenters. The average Bonchev–Trinajstić information content (AvgIpc) is 2.77. The minimum Gasteiger partial charge on any atom is -0.325 e. The number of benzene rings is 1. The minimum absolute atomic E-state index is 0.219. The van der Waals surface area contributed by atoms with Crippen molar-refractivity contribution in [1.82, 2.24) is 5.32 Å². The number of anilines is 1. The number of carbonyl (C=O) groups excluding carboxylic acids is 3. The second-order valence-electron chi connectivity index (χ2n) is 7.05. The van der Waals surface area contributed by atoms with Gasteiger partial charge in [0.05, 0.1) is 12.0 Å². The van der Waals surface area contributed by atoms with Crippen LogP contribution >= 0.6 is 0 Å². The molecule has 0 saturated carbocycles. The van der Waals surface area contributed by atoms with E-state index in [2.05, 4.69) is 10.6 Å². The molecule has 0 spiro atoms. The maximum Gasteiger partial charge on any atom is 0.241 e. The summed E-state index contributed by atoms with van der Waals surface area (Å²) >= 11 is 0. The Morgan fingerprint density at radius 2 is 1.91 bits per heavy atom. The fourth-order valence-electron chi connectivity index (χ4n) is 2.39. The van der Waals surface area contributed by atoms with E-state index in [1.165, 1.54) is 0 Å². The summed E-state index contributed by atoms with van der Waals surface area (Å²) in [6, 6.07) is 6.63. The molecule has 0 bridgehead atoms. The van der Waals surface area contributed by atoms with Crippen molar-refractivity contribution in [3.05, 3.63) is 29.8 Å². The largest absolute Gasteiger partial charge is 0.325 e. The van der Waals surface area contributed by atoms with Crippen LogP contribution in [0.5, 0.6) is 0 Å². The van der Waals surface area contributed by atoms with Crippen molar-refractivity contribution in [2.75, 3.05) is 5.32 Å². The lowest BCUT2D eigenvalue weighted by molar-refractivity contribution is -0.126. The van der Waals surface area contributed by atoms with Gasteiger partial charge >= 0.3 is 0 Å². The van der Waals surface area contributed by atoms with Crippen LogP contribution in [0.25, 0.3) is 0 Å². The highest BCUT2D eigenvalue weighted by molar-refractivity contribution is 6.03. The van der Waals surface area contributed by atoms with Crippen molar-refractivity contribution in [2.45, 2.75) is 39.7 Å². The number of imide groups is 1. The van der Waals surface area contributed by atoms with Gasteiger partial charge in [0.1, 0.15) is 0 Å². The molecule has 6 heteroatoms. The van der Waals surface area contributed by atoms with Gasteiger partial charge in [-0.1, -0.05) is 32.9 Å². The Morgan fingerprint density at radius 3 is 2.39 bits per heavy atom. The summed E-state index contributed by atoms with van der Waals surface area (Å²) in [6.45, 7) is 5.73. The molecule has 0 radical (unpaired) electrons. The van der Waals surface area contributed by atoms with Crippen LogP contribution < -0.4 is 16.4 Å². The zero-order valence-electron chi connectivity index (χ0n) is 13.7. The van der Waals surface area contributed by atoms with Crippen LogP contribution in [-0.2, 0) is 20.8 Å². The number of carbonyl (C=O) groups is 3. The molecule has 0 aromatic heterocycles. The van der Waals surface area contributed by atoms with Crippen molar-refractivity contribution in [2.24, 2.45) is 17.1 Å². The number of nitrogens with two attached hydrogens (primary N) is 1. The van der Waals surface area contributed by atoms with Gasteiger partial charge in [-0.05, 0) is 29.5 Å². The molecule has 3 amide bonds. The van der Waals surface area contributed by atoms with E-state index in [0.717, 1.165) is 5.56 Å². The molecule has 1 aliphatic heterocycles. The van der Waals surface area contributed by atoms with Crippen molar-refractivity contribution in [1.29, 1.82) is 0 Å². The first-order valence-electron chi connectivity index (χ1n) is 7.66. The predicted molar refractivity (Wildman–Crippen MR) is 87.5 cm³/mol. The Bertz CT molecular complexity index is 617. The third-order valence-corrected chi connectivity index (χ3v) is 3.98. The van der Waals surface area contributed by atoms with Crippen molar-refractivity contribution >= 4 is 23.4 Å². The molecule has 2 rings (SSSR count). The van der Waals surface area contributed by atoms with Gasteiger partial charge in [0.25, 0.3) is 0 Å². The van der Waals surface area contributed by atoms with Gasteiger partial charge in [0.15, 0.2) is 0 Å². The van der Waals surface area contributed by atoms with E-state index in [0.29, 0.717) is 12.1 Å². The highest BCUT2D eigenvalue weighted by Crippen LogP contribution is 2.21. The van der Waals surface area contributed by atoms with Crippen molar-refractivity contribution in [3.63, 3.8) is 0 Å². The summed E-state index contributed by atoms with van der Waals surface area (Å²) in [5, 5.41) is 5.09. The van der Waals surface area contributed by atoms with Crippen molar-refractivity contribution in [3.8, 4) is 0 Å². The van der Waals surface area contributed by atoms with Crippen LogP contribution in [-0.4, -0.2) is 23.8 Å². The topological polar surface area (TPSA) is 101 Å². The first-order valence-corrected chi connectivity index (χ1v) is 7.66. The molecule has 6 nitrogen and oxygen atoms in total. The van der Waals surface area contributed by atoms with E-state index in [1.807, 2.05) is 32.9 Å². The standard InChI is InChI=1S/C17H23N3O3/c1-17(2,3)14(18)16(23)19-12-6-4-10(5-7-12)8-11-9-13(21)20-15(11)22/h4-7,11,14H,8-9,18H2,1-3H3,(H,19,23)(H,20,21,22)/t11?,14-/m1/s1. The lowest BCUT2D eigenvalue weighted by Crippen LogP contribution is -2.45. The molecule has 1 saturated heterocycles. The fraction of sp³-hybridized carbons (Fsp3) is 0.471. The van der Waals surface area contributed by atoms with E-state index in [-0.39, 0.29) is 35.5 Å². The Hall–Kier alpha value is -2.21. The van der Waals surface area contributed by atoms with Crippen LogP contribution in [0.4, 0.5) is 5.69 Å². The van der Waals surface area contributed by atoms with Crippen LogP contribution in [0.3, 0.4) is 0 Å². The zero-order valence-corrected chi connectivity index (χ0v) is 13.7. The minimum atomic E-state index is -0.602. The van der Waals surface area contributed by atoms with E-state index in [1.54, 1.807) is 12.1 Å². The molecule has 1 aromatic carbocycles. The molecule has 4 N–H and O–H groups in total. The lowest BCUT2D eigenvalue weighted by atomic mass is 9.87. The SMILES string of the molecule is CC(C)(C)[C@H](N)C(=O)Nc1ccc(CC2CC(=O)NC2=O)cc1. The Balaban J connectivity index is 1.96. The molecular weight excluding hydrogens is 294 g/mol. The summed E-state index contributed by atoms with van der Waals surface area (Å²) in [4.78, 5) is 34.8. The number of nitrogens with one attached hydrogen (secondary N) is 2. The first kappa shape index (κ1) is 17.1. The van der Waals surface area contributed by atoms with Crippen LogP contribution in [0.1, 0.15) is 32.8 Å². The second kappa shape index (κ2) is 6.50. The highest BCUT2D eigenvalue weighted by atomic mass is 16.2. The maximum absolute atomic E-state index is 12.1. The zero-order chi connectivity index (χ0) is 17.2. The summed E-state index contributed by atoms with van der Waals surface area (Å²) in [6.07, 6.45) is 0.741. The molecule has 0 aliphatic carbocycles. The van der Waals surface area contributed by atoms with E-state index >= 15 is 0 Å². The molecule has 1 unspecified atom stereocenters. The van der Waals surface area contributed by atoms with Crippen LogP contribution in [0.15, 0.2) is 24.3 Å². The van der Waals surface area contributed by atoms with E-state index in [9.17, 15) is 14.4 Å². The van der Waals surface area contributed by atoms with Gasteiger partial charge in [-0.2, -0.15) is 0 Å². The van der Waals surface area contributed by atoms with Gasteiger partial charge in [0.2, 0.25) is 17.7 Å². The summed E-state index contributed by atoms with van der Waals surface area (Å²) in [7, 11) is 0. The van der Waals surface area contributed by atoms with Gasteiger partial charge in [-0.15, -0.1) is 0 Å². The van der Waals surface area contributed by atoms with Gasteiger partial charge < -0.3 is 11.1 Å². The van der Waals surface area contributed by atoms with Crippen molar-refractivity contribution < 1.29 is 14.4 Å². The van der Waals surface area contributed by atoms with Crippen LogP contribution in [0.2, 0.25) is 0 Å². The maximum atomic E-state index is 12.1. The number of hydrogen-bond donors (Lipinski definition) is 3. The molecule has 1 heterocycles. The Labute approximate surface area is 135 Å². The third-order valence-electron chi connectivity index (χ3n) is 3.98. The highest BCUT2D eigenvalue weighted by Gasteiger charge is 2.30. The molecule has 1 fully saturated rings. The average molecular weight is 317 g/mol. The summed E-state index contributed by atoms with van der Waals surface area (Å²) in [5.74, 6) is -0.980. The quantitative estimate of drug-likeness (QED) is 0.726. The normalized spacial score (nSPS) is 19.4. The molecule has 124 valence electrons. The Morgan fingerprint density at radius 1 is 1.30 bits per heavy atom. The van der Waals surface area contributed by atoms with Gasteiger partial charge in [0, 0.05) is 12.1 Å². The molecule has 23 heavy (non-hydrogen) atoms. The fourth-order valence-corrected chi connectivity index (χ4v) is 2.39. The third kappa shape index (κ3) is 4.39.